The van der Waals surface area contributed by atoms with E-state index in [9.17, 15) is 14.4 Å². The molecule has 0 aromatic heterocycles. The fourth-order valence-corrected chi connectivity index (χ4v) is 3.50. The van der Waals surface area contributed by atoms with E-state index in [1.807, 2.05) is 54.6 Å². The number of urea groups is 1. The predicted octanol–water partition coefficient (Wildman–Crippen LogP) is 2.08. The third-order valence-electron chi connectivity index (χ3n) is 5.05. The minimum atomic E-state index is -0.870. The molecular weight excluding hydrogens is 372 g/mol. The lowest BCUT2D eigenvalue weighted by Gasteiger charge is -2.35. The minimum Gasteiger partial charge on any atom is -0.467 e. The van der Waals surface area contributed by atoms with E-state index in [1.54, 1.807) is 0 Å². The molecule has 1 heterocycles. The van der Waals surface area contributed by atoms with E-state index in [-0.39, 0.29) is 13.0 Å². The van der Waals surface area contributed by atoms with Crippen LogP contribution >= 0.6 is 0 Å². The van der Waals surface area contributed by atoms with Crippen molar-refractivity contribution in [2.45, 2.75) is 31.5 Å². The van der Waals surface area contributed by atoms with Gasteiger partial charge in [-0.25, -0.2) is 14.4 Å². The number of hydrogen-bond donors (Lipinski definition) is 1. The molecule has 0 unspecified atom stereocenters. The zero-order valence-corrected chi connectivity index (χ0v) is 16.5. The predicted molar refractivity (Wildman–Crippen MR) is 106 cm³/mol. The van der Waals surface area contributed by atoms with Crippen LogP contribution in [0.4, 0.5) is 4.79 Å². The standard InChI is InChI=1S/C22H24N2O5/c1-28-20(25)18(12-15-8-4-3-5-9-15)23-22(27)24-14-17-11-7-6-10-16(17)13-19(24)21(26)29-2/h3-11,18-19H,12-14H2,1-2H3,(H,23,27)/t18-,19-/m0/s1. The van der Waals surface area contributed by atoms with Crippen LogP contribution in [0.25, 0.3) is 0 Å². The lowest BCUT2D eigenvalue weighted by Crippen LogP contribution is -2.56. The Bertz CT molecular complexity index is 884. The summed E-state index contributed by atoms with van der Waals surface area (Å²) in [5.41, 5.74) is 2.85. The molecule has 2 aromatic carbocycles. The van der Waals surface area contributed by atoms with Gasteiger partial charge in [-0.3, -0.25) is 0 Å². The van der Waals surface area contributed by atoms with E-state index in [4.69, 9.17) is 9.47 Å². The van der Waals surface area contributed by atoms with Crippen LogP contribution in [0.1, 0.15) is 16.7 Å². The molecule has 0 saturated carbocycles. The van der Waals surface area contributed by atoms with Crippen LogP contribution in [-0.2, 0) is 38.4 Å². The van der Waals surface area contributed by atoms with Crippen molar-refractivity contribution in [2.75, 3.05) is 14.2 Å². The summed E-state index contributed by atoms with van der Waals surface area (Å²) in [5.74, 6) is -1.04. The second kappa shape index (κ2) is 9.23. The monoisotopic (exact) mass is 396 g/mol. The first kappa shape index (κ1) is 20.4. The molecule has 1 N–H and O–H groups in total. The Morgan fingerprint density at radius 3 is 2.31 bits per heavy atom. The number of rotatable bonds is 5. The molecular formula is C22H24N2O5. The Hall–Kier alpha value is -3.35. The first-order valence-corrected chi connectivity index (χ1v) is 9.37. The lowest BCUT2D eigenvalue weighted by molar-refractivity contribution is -0.146. The summed E-state index contributed by atoms with van der Waals surface area (Å²) < 4.78 is 9.76. The van der Waals surface area contributed by atoms with Gasteiger partial charge < -0.3 is 19.7 Å². The number of carbonyl (C=O) groups excluding carboxylic acids is 3. The maximum absolute atomic E-state index is 13.1. The zero-order valence-electron chi connectivity index (χ0n) is 16.5. The highest BCUT2D eigenvalue weighted by Gasteiger charge is 2.36. The molecule has 0 radical (unpaired) electrons. The van der Waals surface area contributed by atoms with Gasteiger partial charge in [0, 0.05) is 19.4 Å². The Balaban J connectivity index is 1.81. The van der Waals surface area contributed by atoms with E-state index < -0.39 is 30.1 Å². The van der Waals surface area contributed by atoms with E-state index >= 15 is 0 Å². The summed E-state index contributed by atoms with van der Waals surface area (Å²) in [6.45, 7) is 0.251. The number of fused-ring (bicyclic) bond motifs is 1. The van der Waals surface area contributed by atoms with Crippen LogP contribution in [0.3, 0.4) is 0 Å². The highest BCUT2D eigenvalue weighted by atomic mass is 16.5. The molecule has 2 amide bonds. The molecule has 2 aromatic rings. The van der Waals surface area contributed by atoms with Crippen molar-refractivity contribution in [1.29, 1.82) is 0 Å². The number of methoxy groups -OCH3 is 2. The van der Waals surface area contributed by atoms with Gasteiger partial charge in [-0.2, -0.15) is 0 Å². The summed E-state index contributed by atoms with van der Waals surface area (Å²) in [5, 5.41) is 2.73. The molecule has 0 saturated heterocycles. The van der Waals surface area contributed by atoms with Gasteiger partial charge in [0.2, 0.25) is 0 Å². The SMILES string of the molecule is COC(=O)[C@H](Cc1ccccc1)NC(=O)N1Cc2ccccc2C[C@H]1C(=O)OC. The van der Waals surface area contributed by atoms with Gasteiger partial charge in [-0.15, -0.1) is 0 Å². The van der Waals surface area contributed by atoms with Crippen molar-refractivity contribution in [2.24, 2.45) is 0 Å². The number of ether oxygens (including phenoxy) is 2. The Kier molecular flexibility index (Phi) is 6.49. The molecule has 2 atom stereocenters. The second-order valence-corrected chi connectivity index (χ2v) is 6.85. The van der Waals surface area contributed by atoms with Gasteiger partial charge in [0.25, 0.3) is 0 Å². The maximum atomic E-state index is 13.1. The fourth-order valence-electron chi connectivity index (χ4n) is 3.50. The van der Waals surface area contributed by atoms with E-state index in [0.717, 1.165) is 16.7 Å². The smallest absolute Gasteiger partial charge is 0.329 e. The largest absolute Gasteiger partial charge is 0.467 e. The lowest BCUT2D eigenvalue weighted by atomic mass is 9.94. The van der Waals surface area contributed by atoms with Gasteiger partial charge in [-0.1, -0.05) is 54.6 Å². The van der Waals surface area contributed by atoms with Gasteiger partial charge in [0.15, 0.2) is 0 Å². The average molecular weight is 396 g/mol. The fraction of sp³-hybridized carbons (Fsp3) is 0.318. The minimum absolute atomic E-state index is 0.251. The van der Waals surface area contributed by atoms with Crippen molar-refractivity contribution in [3.05, 3.63) is 71.3 Å². The van der Waals surface area contributed by atoms with Gasteiger partial charge in [0.1, 0.15) is 12.1 Å². The number of amides is 2. The van der Waals surface area contributed by atoms with Crippen molar-refractivity contribution in [3.63, 3.8) is 0 Å². The van der Waals surface area contributed by atoms with Crippen molar-refractivity contribution in [3.8, 4) is 0 Å². The number of carbonyl (C=O) groups is 3. The van der Waals surface area contributed by atoms with E-state index in [0.29, 0.717) is 6.42 Å². The van der Waals surface area contributed by atoms with E-state index in [1.165, 1.54) is 19.1 Å². The Morgan fingerprint density at radius 2 is 1.66 bits per heavy atom. The molecule has 0 spiro atoms. The Morgan fingerprint density at radius 1 is 1.00 bits per heavy atom. The topological polar surface area (TPSA) is 84.9 Å². The molecule has 1 aliphatic heterocycles. The Labute approximate surface area is 169 Å². The third kappa shape index (κ3) is 4.74. The van der Waals surface area contributed by atoms with Gasteiger partial charge >= 0.3 is 18.0 Å². The maximum Gasteiger partial charge on any atom is 0.329 e. The molecule has 1 aliphatic rings. The summed E-state index contributed by atoms with van der Waals surface area (Å²) in [6.07, 6.45) is 0.643. The molecule has 0 fully saturated rings. The number of nitrogens with zero attached hydrogens (tertiary/aromatic N) is 1. The number of esters is 2. The van der Waals surface area contributed by atoms with Gasteiger partial charge in [0.05, 0.1) is 14.2 Å². The van der Waals surface area contributed by atoms with Crippen LogP contribution in [0.5, 0.6) is 0 Å². The van der Waals surface area contributed by atoms with Crippen molar-refractivity contribution < 1.29 is 23.9 Å². The van der Waals surface area contributed by atoms with Crippen LogP contribution in [0.15, 0.2) is 54.6 Å². The van der Waals surface area contributed by atoms with Crippen molar-refractivity contribution in [1.82, 2.24) is 10.2 Å². The highest BCUT2D eigenvalue weighted by molar-refractivity contribution is 5.88. The van der Waals surface area contributed by atoms with Crippen LogP contribution in [0.2, 0.25) is 0 Å². The summed E-state index contributed by atoms with van der Waals surface area (Å²) >= 11 is 0. The second-order valence-electron chi connectivity index (χ2n) is 6.85. The molecule has 3 rings (SSSR count). The average Bonchev–Trinajstić information content (AvgIpc) is 2.77. The summed E-state index contributed by atoms with van der Waals surface area (Å²) in [4.78, 5) is 39.1. The molecule has 152 valence electrons. The van der Waals surface area contributed by atoms with Gasteiger partial charge in [-0.05, 0) is 16.7 Å². The molecule has 7 heteroatoms. The third-order valence-corrected chi connectivity index (χ3v) is 5.05. The van der Waals surface area contributed by atoms with Crippen LogP contribution in [0, 0.1) is 0 Å². The molecule has 0 aliphatic carbocycles. The summed E-state index contributed by atoms with van der Waals surface area (Å²) in [7, 11) is 2.58. The first-order valence-electron chi connectivity index (χ1n) is 9.37. The van der Waals surface area contributed by atoms with Crippen molar-refractivity contribution >= 4 is 18.0 Å². The quantitative estimate of drug-likeness (QED) is 0.783. The zero-order chi connectivity index (χ0) is 20.8. The molecule has 7 nitrogen and oxygen atoms in total. The normalized spacial score (nSPS) is 16.3. The summed E-state index contributed by atoms with van der Waals surface area (Å²) in [6, 6.07) is 14.8. The number of nitrogens with one attached hydrogen (secondary N) is 1. The molecule has 0 bridgehead atoms. The van der Waals surface area contributed by atoms with Crippen LogP contribution in [-0.4, -0.2) is 49.2 Å². The number of benzene rings is 2. The highest BCUT2D eigenvalue weighted by Crippen LogP contribution is 2.24. The first-order chi connectivity index (χ1) is 14.0. The van der Waals surface area contributed by atoms with E-state index in [2.05, 4.69) is 5.32 Å². The molecule has 29 heavy (non-hydrogen) atoms. The van der Waals surface area contributed by atoms with Crippen LogP contribution < -0.4 is 5.32 Å². The number of hydrogen-bond acceptors (Lipinski definition) is 5.